The molecule has 1 fully saturated rings. The Morgan fingerprint density at radius 2 is 1.76 bits per heavy atom. The standard InChI is InChI=1S/C21H33N3O/c1-5-18(19-10-8-7-9-11-19)16-20(25)22-17-21(3,4)24-14-12-23(6-2)13-15-24/h7-11,16H,5-6,12-15,17H2,1-4H3,(H,22,25)/b18-16+. The fourth-order valence-corrected chi connectivity index (χ4v) is 3.34. The normalized spacial score (nSPS) is 17.5. The van der Waals surface area contributed by atoms with E-state index in [4.69, 9.17) is 0 Å². The van der Waals surface area contributed by atoms with Crippen molar-refractivity contribution in [3.8, 4) is 0 Å². The third kappa shape index (κ3) is 5.68. The summed E-state index contributed by atoms with van der Waals surface area (Å²) < 4.78 is 0. The first-order valence-electron chi connectivity index (χ1n) is 9.47. The van der Waals surface area contributed by atoms with E-state index in [1.807, 2.05) is 18.2 Å². The first-order chi connectivity index (χ1) is 12.0. The first-order valence-corrected chi connectivity index (χ1v) is 9.47. The van der Waals surface area contributed by atoms with Gasteiger partial charge in [0.15, 0.2) is 0 Å². The average molecular weight is 344 g/mol. The topological polar surface area (TPSA) is 35.6 Å². The van der Waals surface area contributed by atoms with Crippen molar-refractivity contribution in [2.24, 2.45) is 0 Å². The van der Waals surface area contributed by atoms with Crippen molar-refractivity contribution >= 4 is 11.5 Å². The summed E-state index contributed by atoms with van der Waals surface area (Å²) in [7, 11) is 0. The number of nitrogens with zero attached hydrogens (tertiary/aromatic N) is 2. The van der Waals surface area contributed by atoms with E-state index >= 15 is 0 Å². The molecular weight excluding hydrogens is 310 g/mol. The summed E-state index contributed by atoms with van der Waals surface area (Å²) in [5.41, 5.74) is 2.17. The Hall–Kier alpha value is -1.65. The Kier molecular flexibility index (Phi) is 7.21. The maximum Gasteiger partial charge on any atom is 0.244 e. The van der Waals surface area contributed by atoms with Gasteiger partial charge in [0, 0.05) is 44.3 Å². The highest BCUT2D eigenvalue weighted by molar-refractivity contribution is 5.95. The first kappa shape index (κ1) is 19.7. The number of rotatable bonds is 7. The molecule has 1 aliphatic rings. The molecule has 1 aromatic rings. The SMILES string of the molecule is CC/C(=C\C(=O)NCC(C)(C)N1CCN(CC)CC1)c1ccccc1. The van der Waals surface area contributed by atoms with Crippen molar-refractivity contribution in [3.63, 3.8) is 0 Å². The molecule has 0 aliphatic carbocycles. The predicted molar refractivity (Wildman–Crippen MR) is 105 cm³/mol. The van der Waals surface area contributed by atoms with Crippen LogP contribution < -0.4 is 5.32 Å². The molecular formula is C21H33N3O. The second-order valence-electron chi connectivity index (χ2n) is 7.34. The zero-order chi connectivity index (χ0) is 18.3. The third-order valence-electron chi connectivity index (χ3n) is 5.20. The number of benzene rings is 1. The summed E-state index contributed by atoms with van der Waals surface area (Å²) in [5.74, 6) is 0.000900. The number of amides is 1. The van der Waals surface area contributed by atoms with Crippen molar-refractivity contribution in [3.05, 3.63) is 42.0 Å². The van der Waals surface area contributed by atoms with Crippen LogP contribution in [-0.2, 0) is 4.79 Å². The van der Waals surface area contributed by atoms with Crippen LogP contribution in [0.4, 0.5) is 0 Å². The van der Waals surface area contributed by atoms with Gasteiger partial charge in [0.1, 0.15) is 0 Å². The molecule has 0 atom stereocenters. The number of likely N-dealkylation sites (N-methyl/N-ethyl adjacent to an activating group) is 1. The summed E-state index contributed by atoms with van der Waals surface area (Å²) in [5, 5.41) is 3.11. The number of carbonyl (C=O) groups is 1. The van der Waals surface area contributed by atoms with E-state index in [2.05, 4.69) is 54.9 Å². The zero-order valence-corrected chi connectivity index (χ0v) is 16.2. The van der Waals surface area contributed by atoms with Gasteiger partial charge in [0.05, 0.1) is 0 Å². The number of nitrogens with one attached hydrogen (secondary N) is 1. The highest BCUT2D eigenvalue weighted by Crippen LogP contribution is 2.18. The lowest BCUT2D eigenvalue weighted by Crippen LogP contribution is -2.58. The molecule has 0 bridgehead atoms. The van der Waals surface area contributed by atoms with Crippen molar-refractivity contribution in [1.82, 2.24) is 15.1 Å². The molecule has 1 aliphatic heterocycles. The van der Waals surface area contributed by atoms with Gasteiger partial charge in [-0.25, -0.2) is 0 Å². The van der Waals surface area contributed by atoms with E-state index in [-0.39, 0.29) is 11.4 Å². The number of hydrogen-bond donors (Lipinski definition) is 1. The quantitative estimate of drug-likeness (QED) is 0.773. The van der Waals surface area contributed by atoms with Crippen LogP contribution in [0, 0.1) is 0 Å². The van der Waals surface area contributed by atoms with Gasteiger partial charge in [0.2, 0.25) is 5.91 Å². The van der Waals surface area contributed by atoms with Gasteiger partial charge >= 0.3 is 0 Å². The number of hydrogen-bond acceptors (Lipinski definition) is 3. The molecule has 138 valence electrons. The highest BCUT2D eigenvalue weighted by atomic mass is 16.1. The lowest BCUT2D eigenvalue weighted by atomic mass is 10.0. The fraction of sp³-hybridized carbons (Fsp3) is 0.571. The number of piperazine rings is 1. The molecule has 1 aromatic carbocycles. The molecule has 0 aromatic heterocycles. The van der Waals surface area contributed by atoms with Gasteiger partial charge in [-0.1, -0.05) is 44.2 Å². The van der Waals surface area contributed by atoms with Crippen molar-refractivity contribution in [2.75, 3.05) is 39.3 Å². The minimum absolute atomic E-state index is 0.000900. The minimum atomic E-state index is -0.0253. The third-order valence-corrected chi connectivity index (χ3v) is 5.20. The molecule has 1 N–H and O–H groups in total. The molecule has 1 amide bonds. The van der Waals surface area contributed by atoms with Gasteiger partial charge in [-0.15, -0.1) is 0 Å². The minimum Gasteiger partial charge on any atom is -0.351 e. The van der Waals surface area contributed by atoms with E-state index in [9.17, 15) is 4.79 Å². The van der Waals surface area contributed by atoms with E-state index in [0.29, 0.717) is 6.54 Å². The molecule has 4 nitrogen and oxygen atoms in total. The van der Waals surface area contributed by atoms with Gasteiger partial charge in [-0.05, 0) is 37.9 Å². The smallest absolute Gasteiger partial charge is 0.244 e. The lowest BCUT2D eigenvalue weighted by Gasteiger charge is -2.44. The van der Waals surface area contributed by atoms with Crippen LogP contribution in [0.25, 0.3) is 5.57 Å². The van der Waals surface area contributed by atoms with E-state index in [0.717, 1.165) is 50.3 Å². The van der Waals surface area contributed by atoms with Crippen molar-refractivity contribution in [1.29, 1.82) is 0 Å². The van der Waals surface area contributed by atoms with Gasteiger partial charge < -0.3 is 10.2 Å². The second-order valence-corrected chi connectivity index (χ2v) is 7.34. The van der Waals surface area contributed by atoms with Crippen LogP contribution in [0.2, 0.25) is 0 Å². The molecule has 25 heavy (non-hydrogen) atoms. The Morgan fingerprint density at radius 1 is 1.12 bits per heavy atom. The molecule has 1 saturated heterocycles. The fourth-order valence-electron chi connectivity index (χ4n) is 3.34. The van der Waals surface area contributed by atoms with E-state index < -0.39 is 0 Å². The van der Waals surface area contributed by atoms with Crippen LogP contribution >= 0.6 is 0 Å². The van der Waals surface area contributed by atoms with Crippen molar-refractivity contribution < 1.29 is 4.79 Å². The van der Waals surface area contributed by atoms with Crippen LogP contribution in [-0.4, -0.2) is 60.5 Å². The largest absolute Gasteiger partial charge is 0.351 e. The van der Waals surface area contributed by atoms with Crippen LogP contribution in [0.5, 0.6) is 0 Å². The lowest BCUT2D eigenvalue weighted by molar-refractivity contribution is -0.117. The van der Waals surface area contributed by atoms with Crippen LogP contribution in [0.3, 0.4) is 0 Å². The van der Waals surface area contributed by atoms with Gasteiger partial charge in [-0.3, -0.25) is 9.69 Å². The zero-order valence-electron chi connectivity index (χ0n) is 16.2. The summed E-state index contributed by atoms with van der Waals surface area (Å²) in [6.45, 7) is 14.9. The number of carbonyl (C=O) groups excluding carboxylic acids is 1. The Morgan fingerprint density at radius 3 is 2.32 bits per heavy atom. The second kappa shape index (κ2) is 9.16. The summed E-state index contributed by atoms with van der Waals surface area (Å²) in [6.07, 6.45) is 2.60. The Bertz CT molecular complexity index is 572. The van der Waals surface area contributed by atoms with E-state index in [1.54, 1.807) is 6.08 Å². The number of allylic oxidation sites excluding steroid dienone is 1. The maximum absolute atomic E-state index is 12.4. The average Bonchev–Trinajstić information content (AvgIpc) is 2.65. The molecule has 2 rings (SSSR count). The summed E-state index contributed by atoms with van der Waals surface area (Å²) in [4.78, 5) is 17.4. The van der Waals surface area contributed by atoms with Crippen molar-refractivity contribution in [2.45, 2.75) is 39.7 Å². The van der Waals surface area contributed by atoms with E-state index in [1.165, 1.54) is 0 Å². The molecule has 1 heterocycles. The Labute approximate surface area is 152 Å². The van der Waals surface area contributed by atoms with Gasteiger partial charge in [-0.2, -0.15) is 0 Å². The predicted octanol–water partition coefficient (Wildman–Crippen LogP) is 3.01. The van der Waals surface area contributed by atoms with Gasteiger partial charge in [0.25, 0.3) is 0 Å². The van der Waals surface area contributed by atoms with Crippen LogP contribution in [0.1, 0.15) is 39.7 Å². The molecule has 0 unspecified atom stereocenters. The highest BCUT2D eigenvalue weighted by Gasteiger charge is 2.29. The maximum atomic E-state index is 12.4. The molecule has 0 spiro atoms. The summed E-state index contributed by atoms with van der Waals surface area (Å²) in [6, 6.07) is 10.1. The monoisotopic (exact) mass is 343 g/mol. The van der Waals surface area contributed by atoms with Crippen LogP contribution in [0.15, 0.2) is 36.4 Å². The molecule has 0 saturated carbocycles. The molecule has 0 radical (unpaired) electrons. The Balaban J connectivity index is 1.91. The summed E-state index contributed by atoms with van der Waals surface area (Å²) >= 11 is 0. The molecule has 4 heteroatoms.